The van der Waals surface area contributed by atoms with Crippen LogP contribution < -0.4 is 11.2 Å². The van der Waals surface area contributed by atoms with Gasteiger partial charge in [-0.2, -0.15) is 8.62 Å². The highest BCUT2D eigenvalue weighted by molar-refractivity contribution is 9.09. The van der Waals surface area contributed by atoms with E-state index in [1.807, 2.05) is 0 Å². The van der Waals surface area contributed by atoms with E-state index in [1.165, 1.54) is 12.3 Å². The Bertz CT molecular complexity index is 970. The van der Waals surface area contributed by atoms with E-state index < -0.39 is 51.6 Å². The van der Waals surface area contributed by atoms with Crippen molar-refractivity contribution in [3.05, 3.63) is 33.1 Å². The van der Waals surface area contributed by atoms with Crippen molar-refractivity contribution in [1.82, 2.24) is 9.55 Å². The summed E-state index contributed by atoms with van der Waals surface area (Å²) in [6.45, 7) is -0.355. The van der Waals surface area contributed by atoms with E-state index in [-0.39, 0.29) is 13.0 Å². The minimum atomic E-state index is -5.46. The molecule has 0 spiro atoms. The Morgan fingerprint density at radius 3 is 2.03 bits per heavy atom. The van der Waals surface area contributed by atoms with Crippen LogP contribution in [0, 0.1) is 0 Å². The smallest absolute Gasteiger partial charge is 0.394 e. The van der Waals surface area contributed by atoms with Crippen LogP contribution in [0.5, 0.6) is 0 Å². The molecule has 2 rings (SSSR count). The monoisotopic (exact) mass is 564 g/mol. The quantitative estimate of drug-likeness (QED) is 0.137. The maximum Gasteiger partial charge on any atom is 0.490 e. The highest BCUT2D eigenvalue weighted by Crippen LogP contribution is 2.64. The molecule has 0 radical (unpaired) electrons. The lowest BCUT2D eigenvalue weighted by atomic mass is 10.2. The fourth-order valence-electron chi connectivity index (χ4n) is 2.03. The first-order valence-corrected chi connectivity index (χ1v) is 12.6. The van der Waals surface area contributed by atoms with Gasteiger partial charge >= 0.3 is 29.2 Å². The van der Waals surface area contributed by atoms with Crippen molar-refractivity contribution >= 4 is 39.4 Å². The normalized spacial score (nSPS) is 24.9. The molecule has 8 N–H and O–H groups in total. The number of nitrogens with zero attached hydrogens (tertiary/aromatic N) is 1. The summed E-state index contributed by atoms with van der Waals surface area (Å²) < 4.78 is 41.6. The van der Waals surface area contributed by atoms with Gasteiger partial charge in [-0.05, 0) is 15.9 Å². The van der Waals surface area contributed by atoms with Crippen molar-refractivity contribution in [3.8, 4) is 0 Å². The van der Waals surface area contributed by atoms with Crippen molar-refractivity contribution in [3.63, 3.8) is 0 Å². The van der Waals surface area contributed by atoms with Crippen LogP contribution >= 0.6 is 39.4 Å². The summed E-state index contributed by atoms with van der Waals surface area (Å²) in [7, 11) is -16.2. The topological polar surface area (TPSA) is 275 Å². The summed E-state index contributed by atoms with van der Waals surface area (Å²) in [6.07, 6.45) is -0.307. The molecular formula is C9H16BrN2O15P3. The molecule has 1 saturated heterocycles. The fraction of sp³-hybridized carbons (Fsp3) is 0.556. The largest absolute Gasteiger partial charge is 0.490 e. The van der Waals surface area contributed by atoms with Crippen molar-refractivity contribution in [1.29, 1.82) is 0 Å². The molecule has 0 unspecified atom stereocenters. The minimum absolute atomic E-state index is 0.0875. The van der Waals surface area contributed by atoms with Crippen molar-refractivity contribution < 1.29 is 61.7 Å². The number of halogens is 1. The maximum atomic E-state index is 11.6. The number of H-pyrrole nitrogens is 1. The number of rotatable bonds is 6. The molecule has 17 nitrogen and oxygen atoms in total. The molecule has 1 aromatic heterocycles. The highest BCUT2D eigenvalue weighted by Gasteiger charge is 2.46. The van der Waals surface area contributed by atoms with E-state index in [1.54, 1.807) is 0 Å². The van der Waals surface area contributed by atoms with Crippen LogP contribution in [0.2, 0.25) is 0 Å². The Kier molecular flexibility index (Phi) is 9.10. The summed E-state index contributed by atoms with van der Waals surface area (Å²) in [4.78, 5) is 64.8. The van der Waals surface area contributed by atoms with Crippen LogP contribution in [0.4, 0.5) is 0 Å². The van der Waals surface area contributed by atoms with E-state index in [0.717, 1.165) is 4.57 Å². The number of phosphoric acid groups is 3. The van der Waals surface area contributed by atoms with Crippen LogP contribution in [-0.2, 0) is 31.7 Å². The standard InChI is InChI=1S/C9H11BrN2O5.H5O10P3/c10-9(3-5(14)6(4-13)17-9)12-2-1-7(15)11-8(12)16;1-11(2,3)9-13(7,8)10-12(4,5)6/h1-2,5-6,13-14H,3-4H2,(H,11,15,16);(H,7,8)(H2,1,2,3)(H2,4,5,6)/t5-,6+,9-;/m0./s1. The molecule has 2 heterocycles. The molecule has 0 aromatic carbocycles. The Labute approximate surface area is 174 Å². The second-order valence-electron chi connectivity index (χ2n) is 5.39. The number of alkyl halides is 1. The van der Waals surface area contributed by atoms with Crippen molar-refractivity contribution in [2.75, 3.05) is 6.61 Å². The number of hydrogen-bond acceptors (Lipinski definition) is 10. The van der Waals surface area contributed by atoms with Gasteiger partial charge in [-0.3, -0.25) is 14.3 Å². The van der Waals surface area contributed by atoms with Gasteiger partial charge in [-0.1, -0.05) is 0 Å². The van der Waals surface area contributed by atoms with Gasteiger partial charge in [0.25, 0.3) is 5.56 Å². The van der Waals surface area contributed by atoms with Crippen LogP contribution in [-0.4, -0.2) is 63.0 Å². The summed E-state index contributed by atoms with van der Waals surface area (Å²) >= 11 is 3.20. The molecule has 1 aliphatic heterocycles. The van der Waals surface area contributed by atoms with E-state index in [4.69, 9.17) is 34.3 Å². The Balaban J connectivity index is 0.000000314. The Morgan fingerprint density at radius 1 is 1.17 bits per heavy atom. The van der Waals surface area contributed by atoms with Crippen LogP contribution in [0.3, 0.4) is 0 Å². The van der Waals surface area contributed by atoms with E-state index in [9.17, 15) is 28.4 Å². The molecule has 1 fully saturated rings. The van der Waals surface area contributed by atoms with Crippen LogP contribution in [0.1, 0.15) is 6.42 Å². The summed E-state index contributed by atoms with van der Waals surface area (Å²) in [6, 6.07) is 1.17. The van der Waals surface area contributed by atoms with Crippen LogP contribution in [0.25, 0.3) is 0 Å². The Hall–Kier alpha value is -0.550. The summed E-state index contributed by atoms with van der Waals surface area (Å²) in [5.41, 5.74) is -1.17. The fourth-order valence-corrected chi connectivity index (χ4v) is 5.42. The number of aliphatic hydroxyl groups excluding tert-OH is 2. The summed E-state index contributed by atoms with van der Waals surface area (Å²) in [5, 5.41) is 18.6. The second-order valence-corrected chi connectivity index (χ2v) is 10.8. The lowest BCUT2D eigenvalue weighted by Gasteiger charge is -2.23. The molecule has 30 heavy (non-hydrogen) atoms. The van der Waals surface area contributed by atoms with Crippen molar-refractivity contribution in [2.45, 2.75) is 23.3 Å². The third kappa shape index (κ3) is 8.90. The zero-order valence-corrected chi connectivity index (χ0v) is 18.6. The van der Waals surface area contributed by atoms with E-state index >= 15 is 0 Å². The number of ether oxygens (including phenoxy) is 1. The predicted octanol–water partition coefficient (Wildman–Crippen LogP) is -2.01. The molecule has 21 heteroatoms. The number of aromatic nitrogens is 2. The molecule has 0 saturated carbocycles. The average Bonchev–Trinajstić information content (AvgIpc) is 2.77. The molecular weight excluding hydrogens is 549 g/mol. The number of nitrogens with one attached hydrogen (secondary N) is 1. The lowest BCUT2D eigenvalue weighted by molar-refractivity contribution is -0.0608. The van der Waals surface area contributed by atoms with Gasteiger partial charge in [0.2, 0.25) is 4.63 Å². The minimum Gasteiger partial charge on any atom is -0.394 e. The molecule has 174 valence electrons. The lowest BCUT2D eigenvalue weighted by Crippen LogP contribution is -2.40. The van der Waals surface area contributed by atoms with Gasteiger partial charge in [0.1, 0.15) is 6.10 Å². The van der Waals surface area contributed by atoms with Gasteiger partial charge in [0, 0.05) is 18.7 Å². The van der Waals surface area contributed by atoms with Gasteiger partial charge in [-0.25, -0.2) is 18.5 Å². The summed E-state index contributed by atoms with van der Waals surface area (Å²) in [5.74, 6) is 0. The molecule has 1 aromatic rings. The van der Waals surface area contributed by atoms with Crippen molar-refractivity contribution in [2.24, 2.45) is 0 Å². The highest BCUT2D eigenvalue weighted by atomic mass is 79.9. The zero-order chi connectivity index (χ0) is 23.5. The number of aromatic amines is 1. The second kappa shape index (κ2) is 9.94. The average molecular weight is 565 g/mol. The number of hydrogen-bond donors (Lipinski definition) is 8. The van der Waals surface area contributed by atoms with Crippen LogP contribution in [0.15, 0.2) is 21.9 Å². The first-order valence-electron chi connectivity index (χ1n) is 7.22. The molecule has 1 aliphatic rings. The molecule has 3 atom stereocenters. The van der Waals surface area contributed by atoms with Gasteiger partial charge in [0.15, 0.2) is 0 Å². The first kappa shape index (κ1) is 27.5. The van der Waals surface area contributed by atoms with Gasteiger partial charge in [-0.15, -0.1) is 0 Å². The zero-order valence-electron chi connectivity index (χ0n) is 14.3. The van der Waals surface area contributed by atoms with E-state index in [0.29, 0.717) is 0 Å². The third-order valence-corrected chi connectivity index (χ3v) is 7.25. The predicted molar refractivity (Wildman–Crippen MR) is 96.9 cm³/mol. The molecule has 0 amide bonds. The van der Waals surface area contributed by atoms with Gasteiger partial charge in [0.05, 0.1) is 12.7 Å². The first-order chi connectivity index (χ1) is 13.4. The maximum absolute atomic E-state index is 11.6. The number of aliphatic hydroxyl groups is 2. The molecule has 0 bridgehead atoms. The SMILES string of the molecule is O=P(O)(O)OP(=O)(O)OP(=O)(O)O.O=c1ccn([C@@]2(Br)C[C@H](O)[C@@H](CO)O2)c(=O)[nH]1. The third-order valence-electron chi connectivity index (χ3n) is 3.00. The van der Waals surface area contributed by atoms with Gasteiger partial charge < -0.3 is 39.4 Å². The molecule has 0 aliphatic carbocycles. The van der Waals surface area contributed by atoms with E-state index in [2.05, 4.69) is 29.5 Å². The Morgan fingerprint density at radius 2 is 1.67 bits per heavy atom.